The highest BCUT2D eigenvalue weighted by Gasteiger charge is 2.50. The predicted octanol–water partition coefficient (Wildman–Crippen LogP) is 10.1. The highest BCUT2D eigenvalue weighted by atomic mass is 32.2. The summed E-state index contributed by atoms with van der Waals surface area (Å²) in [5, 5.41) is 26.5. The molecule has 406 valence electrons. The number of pyridine rings is 1. The molecule has 18 heteroatoms. The van der Waals surface area contributed by atoms with Gasteiger partial charge in [0.2, 0.25) is 0 Å². The van der Waals surface area contributed by atoms with E-state index in [1.165, 1.54) is 34.4 Å². The summed E-state index contributed by atoms with van der Waals surface area (Å²) in [6, 6.07) is 26.6. The number of nitrogens with one attached hydrogen (secondary N) is 3. The molecule has 2 saturated carbocycles. The summed E-state index contributed by atoms with van der Waals surface area (Å²) in [5.41, 5.74) is 6.03. The first-order valence-corrected chi connectivity index (χ1v) is 28.7. The summed E-state index contributed by atoms with van der Waals surface area (Å²) in [6.45, 7) is 12.9. The minimum absolute atomic E-state index is 0.0312. The van der Waals surface area contributed by atoms with Gasteiger partial charge in [0.05, 0.1) is 40.9 Å². The van der Waals surface area contributed by atoms with E-state index in [2.05, 4.69) is 85.0 Å². The molecular formula is C59H70N8O9S. The SMILES string of the molecule is COc1cc(CN2CCN(C3CC4(CCN(c5ccc(C(=O)NS(=O)(=O)c6ccc(NCC7CCC(C)(O)CC7)c([N+](=O)[O-])c6)c(Oc6cnc7[nH]ccc7c6)c5)CC4)C3)[C@H](c3ccccc3C(C)C)C2)cc2c1OCC2. The fourth-order valence-electron chi connectivity index (χ4n) is 12.8. The van der Waals surface area contributed by atoms with Crippen LogP contribution in [0.3, 0.4) is 0 Å². The third-order valence-corrected chi connectivity index (χ3v) is 18.5. The Hall–Kier alpha value is -6.73. The Morgan fingerprint density at radius 1 is 0.974 bits per heavy atom. The van der Waals surface area contributed by atoms with Crippen LogP contribution in [0.5, 0.6) is 23.0 Å². The summed E-state index contributed by atoms with van der Waals surface area (Å²) < 4.78 is 48.0. The number of hydrogen-bond donors (Lipinski definition) is 4. The van der Waals surface area contributed by atoms with Gasteiger partial charge in [-0.15, -0.1) is 0 Å². The predicted molar refractivity (Wildman–Crippen MR) is 296 cm³/mol. The minimum atomic E-state index is -4.59. The molecule has 5 heterocycles. The molecule has 0 bridgehead atoms. The number of rotatable bonds is 16. The van der Waals surface area contributed by atoms with Crippen LogP contribution < -0.4 is 29.1 Å². The Morgan fingerprint density at radius 3 is 2.53 bits per heavy atom. The molecule has 1 atom stereocenters. The number of hydrogen-bond acceptors (Lipinski definition) is 14. The van der Waals surface area contributed by atoms with E-state index in [0.717, 1.165) is 113 Å². The average molecular weight is 1070 g/mol. The summed E-state index contributed by atoms with van der Waals surface area (Å²) in [7, 11) is -2.87. The number of piperazine rings is 1. The maximum Gasteiger partial charge on any atom is 0.293 e. The zero-order chi connectivity index (χ0) is 53.6. The molecule has 4 fully saturated rings. The summed E-state index contributed by atoms with van der Waals surface area (Å²) in [6.07, 6.45) is 11.3. The first-order valence-electron chi connectivity index (χ1n) is 27.2. The van der Waals surface area contributed by atoms with Gasteiger partial charge in [-0.1, -0.05) is 44.2 Å². The molecule has 5 aliphatic rings. The largest absolute Gasteiger partial charge is 0.493 e. The average Bonchev–Trinajstić information content (AvgIpc) is 4.12. The lowest BCUT2D eigenvalue weighted by molar-refractivity contribution is -0.384. The number of methoxy groups -OCH3 is 1. The van der Waals surface area contributed by atoms with Crippen LogP contribution in [0.4, 0.5) is 17.1 Å². The van der Waals surface area contributed by atoms with Gasteiger partial charge in [0, 0.05) is 99.3 Å². The Morgan fingerprint density at radius 2 is 1.77 bits per heavy atom. The highest BCUT2D eigenvalue weighted by molar-refractivity contribution is 7.90. The zero-order valence-corrected chi connectivity index (χ0v) is 45.2. The van der Waals surface area contributed by atoms with Crippen molar-refractivity contribution in [2.75, 3.05) is 63.2 Å². The molecule has 2 saturated heterocycles. The van der Waals surface area contributed by atoms with Crippen LogP contribution in [0.25, 0.3) is 11.0 Å². The van der Waals surface area contributed by atoms with Crippen LogP contribution in [-0.2, 0) is 23.0 Å². The smallest absolute Gasteiger partial charge is 0.293 e. The van der Waals surface area contributed by atoms with Gasteiger partial charge in [0.1, 0.15) is 22.8 Å². The molecule has 0 unspecified atom stereocenters. The van der Waals surface area contributed by atoms with E-state index in [1.54, 1.807) is 37.7 Å². The number of amides is 1. The van der Waals surface area contributed by atoms with Crippen molar-refractivity contribution in [1.29, 1.82) is 0 Å². The van der Waals surface area contributed by atoms with Crippen molar-refractivity contribution in [1.82, 2.24) is 24.5 Å². The lowest BCUT2D eigenvalue weighted by Crippen LogP contribution is -2.60. The number of carbonyl (C=O) groups is 1. The fourth-order valence-corrected chi connectivity index (χ4v) is 13.8. The van der Waals surface area contributed by atoms with Gasteiger partial charge >= 0.3 is 0 Å². The Kier molecular flexibility index (Phi) is 14.4. The Balaban J connectivity index is 0.779. The van der Waals surface area contributed by atoms with Crippen LogP contribution >= 0.6 is 0 Å². The van der Waals surface area contributed by atoms with Crippen molar-refractivity contribution in [3.05, 3.63) is 135 Å². The molecule has 2 aliphatic carbocycles. The Bertz CT molecular complexity index is 3280. The lowest BCUT2D eigenvalue weighted by Gasteiger charge is -2.58. The molecule has 4 N–H and O–H groups in total. The molecule has 11 rings (SSSR count). The van der Waals surface area contributed by atoms with Crippen LogP contribution in [0.15, 0.2) is 102 Å². The number of H-pyrrole nitrogens is 1. The first kappa shape index (κ1) is 52.3. The van der Waals surface area contributed by atoms with Crippen molar-refractivity contribution >= 4 is 44.0 Å². The molecule has 2 aromatic heterocycles. The van der Waals surface area contributed by atoms with Crippen molar-refractivity contribution in [3.8, 4) is 23.0 Å². The van der Waals surface area contributed by atoms with E-state index in [-0.39, 0.29) is 34.4 Å². The van der Waals surface area contributed by atoms with Gasteiger partial charge in [0.25, 0.3) is 21.6 Å². The first-order chi connectivity index (χ1) is 37.0. The molecular weight excluding hydrogens is 997 g/mol. The third kappa shape index (κ3) is 11.1. The topological polar surface area (TPSA) is 205 Å². The minimum Gasteiger partial charge on any atom is -0.493 e. The standard InChI is InChI=1S/C59H70N8O9S/c1-38(2)47-7-5-6-8-48(47)52-37-64(36-40-27-41-16-26-75-55(41)54(28-40)74-4)24-25-66(52)44-32-59(33-44)19-22-65(23-20-59)43-9-11-49(53(30-43)76-45-29-42-15-21-60-56(42)62-35-45)57(68)63-77(72,73)46-10-12-50(51(31-46)67(70)71)61-34-39-13-17-58(3,69)18-14-39/h5-12,15,21,27-31,35,38-39,44,52,61,69H,13-14,16-20,22-26,32-34,36-37H2,1-4H3,(H,60,62)(H,63,68)/t39?,52-,58?/m0/s1. The summed E-state index contributed by atoms with van der Waals surface area (Å²) in [5.74, 6) is 1.85. The van der Waals surface area contributed by atoms with E-state index in [9.17, 15) is 28.4 Å². The van der Waals surface area contributed by atoms with Crippen molar-refractivity contribution < 1.29 is 37.5 Å². The maximum absolute atomic E-state index is 14.1. The molecule has 1 spiro atoms. The number of benzene rings is 4. The third-order valence-electron chi connectivity index (χ3n) is 17.2. The summed E-state index contributed by atoms with van der Waals surface area (Å²) in [4.78, 5) is 40.6. The monoisotopic (exact) mass is 1070 g/mol. The number of sulfonamides is 1. The normalized spacial score (nSPS) is 21.9. The zero-order valence-electron chi connectivity index (χ0n) is 44.4. The number of aromatic nitrogens is 2. The van der Waals surface area contributed by atoms with Gasteiger partial charge < -0.3 is 34.5 Å². The van der Waals surface area contributed by atoms with E-state index in [1.807, 2.05) is 19.1 Å². The van der Waals surface area contributed by atoms with Crippen molar-refractivity contribution in [2.45, 2.75) is 114 Å². The van der Waals surface area contributed by atoms with Crippen LogP contribution in [0.1, 0.15) is 117 Å². The van der Waals surface area contributed by atoms with Gasteiger partial charge in [-0.3, -0.25) is 24.7 Å². The van der Waals surface area contributed by atoms with E-state index >= 15 is 0 Å². The number of piperidine rings is 1. The van der Waals surface area contributed by atoms with E-state index in [4.69, 9.17) is 14.2 Å². The molecule has 17 nitrogen and oxygen atoms in total. The van der Waals surface area contributed by atoms with Gasteiger partial charge in [-0.2, -0.15) is 0 Å². The maximum atomic E-state index is 14.1. The van der Waals surface area contributed by atoms with Gasteiger partial charge in [-0.25, -0.2) is 18.1 Å². The molecule has 1 amide bonds. The number of nitro benzene ring substituents is 1. The second-order valence-corrected chi connectivity index (χ2v) is 24.4. The number of nitro groups is 1. The number of aliphatic hydroxyl groups is 1. The number of fused-ring (bicyclic) bond motifs is 2. The van der Waals surface area contributed by atoms with E-state index in [0.29, 0.717) is 49.3 Å². The van der Waals surface area contributed by atoms with Crippen molar-refractivity contribution in [3.63, 3.8) is 0 Å². The quantitative estimate of drug-likeness (QED) is 0.0526. The van der Waals surface area contributed by atoms with Gasteiger partial charge in [0.15, 0.2) is 11.5 Å². The van der Waals surface area contributed by atoms with Crippen LogP contribution in [-0.4, -0.2) is 109 Å². The second kappa shape index (κ2) is 21.2. The fraction of sp³-hybridized carbons (Fsp3) is 0.458. The van der Waals surface area contributed by atoms with Crippen molar-refractivity contribution in [2.24, 2.45) is 11.3 Å². The second-order valence-electron chi connectivity index (χ2n) is 22.8. The van der Waals surface area contributed by atoms with Crippen LogP contribution in [0.2, 0.25) is 0 Å². The Labute approximate surface area is 450 Å². The molecule has 0 radical (unpaired) electrons. The molecule has 77 heavy (non-hydrogen) atoms. The number of anilines is 2. The van der Waals surface area contributed by atoms with E-state index < -0.39 is 37.0 Å². The highest BCUT2D eigenvalue weighted by Crippen LogP contribution is 2.54. The summed E-state index contributed by atoms with van der Waals surface area (Å²) >= 11 is 0. The van der Waals surface area contributed by atoms with Gasteiger partial charge in [-0.05, 0) is 135 Å². The molecule has 4 aromatic carbocycles. The number of aromatic amines is 1. The number of ether oxygens (including phenoxy) is 3. The molecule has 3 aliphatic heterocycles. The number of nitrogens with zero attached hydrogens (tertiary/aromatic N) is 5. The molecule has 6 aromatic rings. The van der Waals surface area contributed by atoms with Crippen LogP contribution in [0, 0.1) is 21.4 Å². The number of carbonyl (C=O) groups excluding carboxylic acids is 1. The lowest BCUT2D eigenvalue weighted by atomic mass is 9.59.